The van der Waals surface area contributed by atoms with E-state index >= 15 is 0 Å². The van der Waals surface area contributed by atoms with Gasteiger partial charge in [0.25, 0.3) is 0 Å². The van der Waals surface area contributed by atoms with E-state index in [9.17, 15) is 9.00 Å². The van der Waals surface area contributed by atoms with Gasteiger partial charge >= 0.3 is 0 Å². The summed E-state index contributed by atoms with van der Waals surface area (Å²) in [6, 6.07) is 3.62. The fourth-order valence-corrected chi connectivity index (χ4v) is 1.71. The summed E-state index contributed by atoms with van der Waals surface area (Å²) in [5.41, 5.74) is 1.04. The molecule has 1 aromatic rings. The number of rotatable bonds is 6. The number of carbonyl (C=O) groups excluding carboxylic acids is 1. The van der Waals surface area contributed by atoms with Gasteiger partial charge in [-0.05, 0) is 31.4 Å². The first kappa shape index (κ1) is 13.8. The topological polar surface area (TPSA) is 79.3 Å². The third kappa shape index (κ3) is 6.13. The van der Waals surface area contributed by atoms with Crippen LogP contribution in [0.25, 0.3) is 0 Å². The van der Waals surface area contributed by atoms with Gasteiger partial charge in [-0.3, -0.25) is 4.79 Å². The third-order valence-electron chi connectivity index (χ3n) is 2.15. The monoisotopic (exact) mass is 256 g/mol. The van der Waals surface area contributed by atoms with Crippen LogP contribution in [-0.2, 0) is 15.9 Å². The van der Waals surface area contributed by atoms with Gasteiger partial charge in [-0.25, -0.2) is 9.19 Å². The minimum atomic E-state index is -1.76. The second-order valence-electron chi connectivity index (χ2n) is 3.75. The van der Waals surface area contributed by atoms with Crippen LogP contribution in [0.3, 0.4) is 0 Å². The van der Waals surface area contributed by atoms with Gasteiger partial charge in [0.2, 0.25) is 5.91 Å². The Balaban J connectivity index is 2.25. The maximum absolute atomic E-state index is 11.5. The van der Waals surface area contributed by atoms with Crippen molar-refractivity contribution in [3.05, 3.63) is 23.9 Å². The van der Waals surface area contributed by atoms with Crippen LogP contribution in [-0.4, -0.2) is 25.4 Å². The number of unbranched alkanes of at least 4 members (excludes halogenated alkanes) is 1. The molecule has 1 amide bonds. The lowest BCUT2D eigenvalue weighted by atomic mass is 10.2. The first-order valence-electron chi connectivity index (χ1n) is 5.38. The molecule has 17 heavy (non-hydrogen) atoms. The van der Waals surface area contributed by atoms with Crippen molar-refractivity contribution in [2.45, 2.75) is 26.2 Å². The largest absolute Gasteiger partial charge is 0.311 e. The molecule has 0 aliphatic rings. The van der Waals surface area contributed by atoms with Crippen molar-refractivity contribution in [1.29, 1.82) is 0 Å². The van der Waals surface area contributed by atoms with E-state index in [1.54, 1.807) is 12.3 Å². The van der Waals surface area contributed by atoms with Gasteiger partial charge in [0.1, 0.15) is 5.82 Å². The number of hydrogen-bond acceptors (Lipinski definition) is 3. The van der Waals surface area contributed by atoms with Crippen molar-refractivity contribution in [3.8, 4) is 0 Å². The van der Waals surface area contributed by atoms with E-state index in [2.05, 4.69) is 10.3 Å². The quantitative estimate of drug-likeness (QED) is 0.600. The van der Waals surface area contributed by atoms with Gasteiger partial charge in [0.15, 0.2) is 11.1 Å². The van der Waals surface area contributed by atoms with Crippen LogP contribution >= 0.6 is 0 Å². The molecule has 6 heteroatoms. The van der Waals surface area contributed by atoms with Gasteiger partial charge in [-0.1, -0.05) is 6.07 Å². The zero-order valence-electron chi connectivity index (χ0n) is 9.68. The minimum absolute atomic E-state index is 0.120. The van der Waals surface area contributed by atoms with Crippen molar-refractivity contribution in [2.24, 2.45) is 0 Å². The average molecular weight is 256 g/mol. The molecule has 0 aliphatic carbocycles. The molecule has 0 spiro atoms. The summed E-state index contributed by atoms with van der Waals surface area (Å²) in [5, 5.41) is 2.67. The van der Waals surface area contributed by atoms with Gasteiger partial charge < -0.3 is 9.87 Å². The lowest BCUT2D eigenvalue weighted by Crippen LogP contribution is -2.12. The van der Waals surface area contributed by atoms with Crippen LogP contribution in [0.4, 0.5) is 5.82 Å². The zero-order valence-corrected chi connectivity index (χ0v) is 10.5. The molecule has 1 heterocycles. The molecular weight excluding hydrogens is 240 g/mol. The van der Waals surface area contributed by atoms with Crippen molar-refractivity contribution in [2.75, 3.05) is 11.1 Å². The number of hydrogen-bond donors (Lipinski definition) is 2. The van der Waals surface area contributed by atoms with Crippen LogP contribution in [0, 0.1) is 6.92 Å². The van der Waals surface area contributed by atoms with Gasteiger partial charge in [0, 0.05) is 18.4 Å². The molecule has 1 aromatic heterocycles. The smallest absolute Gasteiger partial charge is 0.225 e. The summed E-state index contributed by atoms with van der Waals surface area (Å²) in [6.07, 6.45) is 3.19. The first-order chi connectivity index (χ1) is 8.08. The Morgan fingerprint density at radius 1 is 1.47 bits per heavy atom. The highest BCUT2D eigenvalue weighted by molar-refractivity contribution is 7.79. The number of anilines is 1. The minimum Gasteiger partial charge on any atom is -0.311 e. The molecule has 0 saturated carbocycles. The summed E-state index contributed by atoms with van der Waals surface area (Å²) >= 11 is -1.76. The maximum atomic E-state index is 11.5. The van der Waals surface area contributed by atoms with Gasteiger partial charge in [-0.15, -0.1) is 0 Å². The molecule has 0 aliphatic heterocycles. The predicted octanol–water partition coefficient (Wildman–Crippen LogP) is 1.72. The van der Waals surface area contributed by atoms with Crippen LogP contribution in [0.15, 0.2) is 18.3 Å². The summed E-state index contributed by atoms with van der Waals surface area (Å²) < 4.78 is 18.9. The molecule has 1 atom stereocenters. The van der Waals surface area contributed by atoms with Crippen molar-refractivity contribution in [1.82, 2.24) is 4.98 Å². The highest BCUT2D eigenvalue weighted by atomic mass is 32.2. The molecule has 1 unspecified atom stereocenters. The van der Waals surface area contributed by atoms with E-state index in [-0.39, 0.29) is 11.7 Å². The van der Waals surface area contributed by atoms with E-state index in [0.717, 1.165) is 5.56 Å². The fraction of sp³-hybridized carbons (Fsp3) is 0.455. The molecular formula is C11H16N2O3S. The van der Waals surface area contributed by atoms with E-state index < -0.39 is 11.1 Å². The maximum Gasteiger partial charge on any atom is 0.225 e. The highest BCUT2D eigenvalue weighted by Gasteiger charge is 2.03. The fourth-order valence-electron chi connectivity index (χ4n) is 1.26. The number of amides is 1. The SMILES string of the molecule is Cc1ccc(NC(=O)CCCCS(=O)O)nc1. The summed E-state index contributed by atoms with van der Waals surface area (Å²) in [4.78, 5) is 15.5. The normalized spacial score (nSPS) is 12.1. The second-order valence-corrected chi connectivity index (χ2v) is 4.80. The second kappa shape index (κ2) is 7.13. The molecule has 0 saturated heterocycles. The Kier molecular flexibility index (Phi) is 5.79. The summed E-state index contributed by atoms with van der Waals surface area (Å²) in [6.45, 7) is 1.92. The Hall–Kier alpha value is -1.27. The molecule has 94 valence electrons. The zero-order chi connectivity index (χ0) is 12.7. The molecule has 0 fully saturated rings. The van der Waals surface area contributed by atoms with Crippen LogP contribution in [0.1, 0.15) is 24.8 Å². The van der Waals surface area contributed by atoms with E-state index in [4.69, 9.17) is 4.55 Å². The number of nitrogens with zero attached hydrogens (tertiary/aromatic N) is 1. The summed E-state index contributed by atoms with van der Waals surface area (Å²) in [7, 11) is 0. The molecule has 0 bridgehead atoms. The molecule has 0 aromatic carbocycles. The Labute approximate surface area is 103 Å². The first-order valence-corrected chi connectivity index (χ1v) is 6.65. The number of aryl methyl sites for hydroxylation is 1. The van der Waals surface area contributed by atoms with E-state index in [1.807, 2.05) is 13.0 Å². The van der Waals surface area contributed by atoms with Crippen molar-refractivity contribution < 1.29 is 13.6 Å². The third-order valence-corrected chi connectivity index (χ3v) is 2.79. The molecule has 5 nitrogen and oxygen atoms in total. The van der Waals surface area contributed by atoms with Gasteiger partial charge in [-0.2, -0.15) is 0 Å². The Bertz CT molecular complexity index is 392. The van der Waals surface area contributed by atoms with E-state index in [0.29, 0.717) is 25.1 Å². The number of carbonyl (C=O) groups is 1. The van der Waals surface area contributed by atoms with Crippen LogP contribution in [0.2, 0.25) is 0 Å². The molecule has 1 rings (SSSR count). The standard InChI is InChI=1S/C11H16N2O3S/c1-9-5-6-10(12-8-9)13-11(14)4-2-3-7-17(15)16/h5-6,8H,2-4,7H2,1H3,(H,15,16)(H,12,13,14). The summed E-state index contributed by atoms with van der Waals surface area (Å²) in [5.74, 6) is 0.632. The lowest BCUT2D eigenvalue weighted by molar-refractivity contribution is -0.116. The Morgan fingerprint density at radius 3 is 2.82 bits per heavy atom. The van der Waals surface area contributed by atoms with Crippen LogP contribution < -0.4 is 5.32 Å². The predicted molar refractivity (Wildman–Crippen MR) is 67.1 cm³/mol. The van der Waals surface area contributed by atoms with Crippen LogP contribution in [0.5, 0.6) is 0 Å². The Morgan fingerprint density at radius 2 is 2.24 bits per heavy atom. The van der Waals surface area contributed by atoms with Crippen molar-refractivity contribution in [3.63, 3.8) is 0 Å². The molecule has 0 radical (unpaired) electrons. The van der Waals surface area contributed by atoms with Crippen molar-refractivity contribution >= 4 is 22.8 Å². The average Bonchev–Trinajstić information content (AvgIpc) is 2.27. The highest BCUT2D eigenvalue weighted by Crippen LogP contribution is 2.05. The van der Waals surface area contributed by atoms with Gasteiger partial charge in [0.05, 0.1) is 0 Å². The number of nitrogens with one attached hydrogen (secondary N) is 1. The van der Waals surface area contributed by atoms with E-state index in [1.165, 1.54) is 0 Å². The number of aromatic nitrogens is 1. The molecule has 2 N–H and O–H groups in total. The number of pyridine rings is 1. The lowest BCUT2D eigenvalue weighted by Gasteiger charge is -2.04.